The van der Waals surface area contributed by atoms with E-state index in [-0.39, 0.29) is 25.7 Å². The van der Waals surface area contributed by atoms with Gasteiger partial charge in [-0.25, -0.2) is 9.13 Å². The summed E-state index contributed by atoms with van der Waals surface area (Å²) in [5, 5.41) is 10.6. The van der Waals surface area contributed by atoms with Gasteiger partial charge in [-0.05, 0) is 69.1 Å². The van der Waals surface area contributed by atoms with Gasteiger partial charge >= 0.3 is 39.5 Å². The number of phosphoric ester groups is 2. The van der Waals surface area contributed by atoms with Gasteiger partial charge in [0.15, 0.2) is 12.2 Å². The van der Waals surface area contributed by atoms with Gasteiger partial charge in [0.1, 0.15) is 19.3 Å². The van der Waals surface area contributed by atoms with Crippen LogP contribution in [0.25, 0.3) is 0 Å². The van der Waals surface area contributed by atoms with E-state index in [1.807, 2.05) is 0 Å². The van der Waals surface area contributed by atoms with Crippen molar-refractivity contribution in [3.63, 3.8) is 0 Å². The number of carbonyl (C=O) groups excluding carboxylic acids is 4. The highest BCUT2D eigenvalue weighted by Crippen LogP contribution is 2.45. The molecule has 94 heavy (non-hydrogen) atoms. The van der Waals surface area contributed by atoms with Crippen LogP contribution in [-0.4, -0.2) is 96.7 Å². The second-order valence-electron chi connectivity index (χ2n) is 27.5. The topological polar surface area (TPSA) is 237 Å². The van der Waals surface area contributed by atoms with E-state index in [1.54, 1.807) is 0 Å². The molecule has 0 aliphatic rings. The number of unbranched alkanes of at least 4 members (excludes halogenated alkanes) is 35. The minimum atomic E-state index is -4.96. The fourth-order valence-electron chi connectivity index (χ4n) is 10.9. The number of hydrogen-bond donors (Lipinski definition) is 3. The standard InChI is InChI=1S/C75H142O17P2/c1-8-10-11-12-13-14-15-16-19-23-26-29-34-42-49-56-72(77)85-62-70(91-74(79)58-51-44-35-30-27-24-21-18-17-20-22-25-28-32-39-46-53-66(3)4)64-89-93(81,82)87-60-69(76)61-88-94(83,84)90-65-71(92-75(80)59-52-45-36-31-33-40-47-54-67(5)6)63-86-73(78)57-50-43-38-37-41-48-55-68(7)9-2/h14-16,19,66-71,76H,8-13,17-18,20-65H2,1-7H3,(H,81,82)(H,83,84)/b15-14-,19-16-/t68?,69-,70-,71-/m1/s1. The Morgan fingerprint density at radius 3 is 0.947 bits per heavy atom. The molecule has 0 aromatic carbocycles. The average molecular weight is 1380 g/mol. The lowest BCUT2D eigenvalue weighted by Gasteiger charge is -2.21. The summed E-state index contributed by atoms with van der Waals surface area (Å²) in [6.45, 7) is 11.7. The number of allylic oxidation sites excluding steroid dienone is 4. The molecule has 0 saturated heterocycles. The monoisotopic (exact) mass is 1380 g/mol. The molecule has 0 amide bonds. The molecule has 0 rings (SSSR count). The molecular weight excluding hydrogens is 1230 g/mol. The molecule has 3 unspecified atom stereocenters. The first-order valence-corrected chi connectivity index (χ1v) is 41.2. The maximum atomic E-state index is 13.1. The van der Waals surface area contributed by atoms with Crippen molar-refractivity contribution in [3.8, 4) is 0 Å². The molecule has 0 radical (unpaired) electrons. The molecule has 17 nitrogen and oxygen atoms in total. The molecule has 0 aromatic rings. The Bertz CT molecular complexity index is 1930. The molecular formula is C75H142O17P2. The van der Waals surface area contributed by atoms with E-state index in [2.05, 4.69) is 72.8 Å². The van der Waals surface area contributed by atoms with Crippen molar-refractivity contribution in [2.75, 3.05) is 39.6 Å². The third-order valence-corrected chi connectivity index (χ3v) is 19.0. The van der Waals surface area contributed by atoms with E-state index in [4.69, 9.17) is 37.0 Å². The van der Waals surface area contributed by atoms with Crippen molar-refractivity contribution in [1.29, 1.82) is 0 Å². The highest BCUT2D eigenvalue weighted by Gasteiger charge is 2.30. The van der Waals surface area contributed by atoms with E-state index in [9.17, 15) is 43.2 Å². The smallest absolute Gasteiger partial charge is 0.462 e. The van der Waals surface area contributed by atoms with Crippen molar-refractivity contribution >= 4 is 39.5 Å². The molecule has 0 saturated carbocycles. The number of ether oxygens (including phenoxy) is 4. The van der Waals surface area contributed by atoms with E-state index in [0.717, 1.165) is 127 Å². The van der Waals surface area contributed by atoms with Crippen LogP contribution in [0.5, 0.6) is 0 Å². The zero-order chi connectivity index (χ0) is 69.4. The number of esters is 4. The van der Waals surface area contributed by atoms with E-state index in [1.165, 1.54) is 141 Å². The zero-order valence-corrected chi connectivity index (χ0v) is 62.7. The van der Waals surface area contributed by atoms with Crippen LogP contribution in [-0.2, 0) is 65.4 Å². The molecule has 0 aliphatic heterocycles. The number of carbonyl (C=O) groups is 4. The van der Waals surface area contributed by atoms with Crippen LogP contribution in [0.1, 0.15) is 357 Å². The predicted molar refractivity (Wildman–Crippen MR) is 381 cm³/mol. The third-order valence-electron chi connectivity index (χ3n) is 17.1. The second kappa shape index (κ2) is 65.2. The van der Waals surface area contributed by atoms with Crippen LogP contribution in [0.15, 0.2) is 24.3 Å². The highest BCUT2D eigenvalue weighted by atomic mass is 31.2. The molecule has 19 heteroatoms. The number of aliphatic hydroxyl groups excluding tert-OH is 1. The average Bonchev–Trinajstić information content (AvgIpc) is 1.23. The van der Waals surface area contributed by atoms with Gasteiger partial charge in [0.25, 0.3) is 0 Å². The molecule has 0 fully saturated rings. The lowest BCUT2D eigenvalue weighted by atomic mass is 10.00. The first-order valence-electron chi connectivity index (χ1n) is 38.2. The van der Waals surface area contributed by atoms with Gasteiger partial charge in [0, 0.05) is 25.7 Å². The largest absolute Gasteiger partial charge is 0.472 e. The Morgan fingerprint density at radius 2 is 0.628 bits per heavy atom. The Labute approximate surface area is 573 Å². The van der Waals surface area contributed by atoms with E-state index in [0.29, 0.717) is 31.6 Å². The number of hydrogen-bond acceptors (Lipinski definition) is 15. The fourth-order valence-corrected chi connectivity index (χ4v) is 12.4. The Balaban J connectivity index is 5.26. The molecule has 554 valence electrons. The Kier molecular flexibility index (Phi) is 63.5. The van der Waals surface area contributed by atoms with Gasteiger partial charge in [-0.3, -0.25) is 37.3 Å². The summed E-state index contributed by atoms with van der Waals surface area (Å²) < 4.78 is 68.4. The molecule has 6 atom stereocenters. The van der Waals surface area contributed by atoms with Crippen LogP contribution in [0.3, 0.4) is 0 Å². The molecule has 0 heterocycles. The molecule has 0 aliphatic carbocycles. The number of phosphoric acid groups is 2. The maximum Gasteiger partial charge on any atom is 0.472 e. The lowest BCUT2D eigenvalue weighted by molar-refractivity contribution is -0.161. The minimum absolute atomic E-state index is 0.100. The van der Waals surface area contributed by atoms with Crippen molar-refractivity contribution in [1.82, 2.24) is 0 Å². The summed E-state index contributed by atoms with van der Waals surface area (Å²) in [7, 11) is -9.92. The van der Waals surface area contributed by atoms with Crippen molar-refractivity contribution in [2.45, 2.75) is 375 Å². The van der Waals surface area contributed by atoms with E-state index >= 15 is 0 Å². The maximum absolute atomic E-state index is 13.1. The predicted octanol–water partition coefficient (Wildman–Crippen LogP) is 21.3. The summed E-state index contributed by atoms with van der Waals surface area (Å²) >= 11 is 0. The summed E-state index contributed by atoms with van der Waals surface area (Å²) in [4.78, 5) is 72.7. The van der Waals surface area contributed by atoms with Gasteiger partial charge in [-0.1, -0.05) is 304 Å². The molecule has 0 bridgehead atoms. The van der Waals surface area contributed by atoms with Crippen LogP contribution in [0, 0.1) is 17.8 Å². The molecule has 0 aromatic heterocycles. The second-order valence-corrected chi connectivity index (χ2v) is 30.5. The van der Waals surface area contributed by atoms with Crippen molar-refractivity contribution in [2.24, 2.45) is 17.8 Å². The normalized spacial score (nSPS) is 14.6. The summed E-state index contributed by atoms with van der Waals surface area (Å²) in [6.07, 6.45) is 53.7. The molecule has 3 N–H and O–H groups in total. The summed E-state index contributed by atoms with van der Waals surface area (Å²) in [5.74, 6) is 0.0767. The summed E-state index contributed by atoms with van der Waals surface area (Å²) in [5.41, 5.74) is 0. The zero-order valence-electron chi connectivity index (χ0n) is 60.9. The Hall–Kier alpha value is -2.46. The quantitative estimate of drug-likeness (QED) is 0.0169. The Morgan fingerprint density at radius 1 is 0.351 bits per heavy atom. The van der Waals surface area contributed by atoms with E-state index < -0.39 is 97.5 Å². The summed E-state index contributed by atoms with van der Waals surface area (Å²) in [6, 6.07) is 0. The van der Waals surface area contributed by atoms with Crippen LogP contribution < -0.4 is 0 Å². The molecule has 0 spiro atoms. The van der Waals surface area contributed by atoms with Gasteiger partial charge < -0.3 is 33.8 Å². The number of aliphatic hydroxyl groups is 1. The number of rotatable bonds is 71. The van der Waals surface area contributed by atoms with Gasteiger partial charge in [-0.2, -0.15) is 0 Å². The van der Waals surface area contributed by atoms with Crippen LogP contribution >= 0.6 is 15.6 Å². The minimum Gasteiger partial charge on any atom is -0.462 e. The van der Waals surface area contributed by atoms with Crippen molar-refractivity contribution in [3.05, 3.63) is 24.3 Å². The highest BCUT2D eigenvalue weighted by molar-refractivity contribution is 7.47. The first kappa shape index (κ1) is 91.5. The fraction of sp³-hybridized carbons (Fsp3) is 0.893. The van der Waals surface area contributed by atoms with Gasteiger partial charge in [0.2, 0.25) is 0 Å². The third kappa shape index (κ3) is 66.8. The van der Waals surface area contributed by atoms with Gasteiger partial charge in [0.05, 0.1) is 26.4 Å². The SMILES string of the molecule is CCCCCC/C=C\C=C/CCCCCCCC(=O)OC[C@H](COP(=O)(O)OC[C@@H](O)COP(=O)(O)OC[C@@H](COC(=O)CCCCCCCCC(C)CC)OC(=O)CCCCCCCCCC(C)C)OC(=O)CCCCCCCCCCCCCCCCCCC(C)C. The first-order chi connectivity index (χ1) is 45.3. The van der Waals surface area contributed by atoms with Gasteiger partial charge in [-0.15, -0.1) is 0 Å². The lowest BCUT2D eigenvalue weighted by Crippen LogP contribution is -2.30. The van der Waals surface area contributed by atoms with Crippen molar-refractivity contribution < 1.29 is 80.2 Å². The van der Waals surface area contributed by atoms with Crippen LogP contribution in [0.2, 0.25) is 0 Å². The van der Waals surface area contributed by atoms with Crippen LogP contribution in [0.4, 0.5) is 0 Å².